The maximum Gasteiger partial charge on any atom is 0.180 e. The summed E-state index contributed by atoms with van der Waals surface area (Å²) in [5.41, 5.74) is 5.71. The number of aromatic nitrogens is 1. The van der Waals surface area contributed by atoms with Crippen molar-refractivity contribution in [3.8, 4) is 0 Å². The first kappa shape index (κ1) is 19.0. The van der Waals surface area contributed by atoms with E-state index < -0.39 is 0 Å². The fourth-order valence-corrected chi connectivity index (χ4v) is 4.19. The van der Waals surface area contributed by atoms with Crippen molar-refractivity contribution in [1.82, 2.24) is 14.8 Å². The highest BCUT2D eigenvalue weighted by molar-refractivity contribution is 7.15. The molecule has 3 rings (SSSR count). The molecule has 132 valence electrons. The van der Waals surface area contributed by atoms with E-state index in [0.717, 1.165) is 18.4 Å². The maximum atomic E-state index is 5.71. The summed E-state index contributed by atoms with van der Waals surface area (Å²) in [6, 6.07) is 0. The molecule has 0 amide bonds. The van der Waals surface area contributed by atoms with Gasteiger partial charge in [-0.1, -0.05) is 6.92 Å². The molecule has 0 spiro atoms. The van der Waals surface area contributed by atoms with E-state index in [0.29, 0.717) is 5.13 Å². The van der Waals surface area contributed by atoms with E-state index in [1.54, 1.807) is 11.3 Å². The minimum absolute atomic E-state index is 0. The molecule has 1 saturated carbocycles. The summed E-state index contributed by atoms with van der Waals surface area (Å²) in [7, 11) is 0. The Hall–Kier alpha value is -0.360. The van der Waals surface area contributed by atoms with Gasteiger partial charge in [-0.2, -0.15) is 0 Å². The summed E-state index contributed by atoms with van der Waals surface area (Å²) in [5.74, 6) is 1.95. The van der Waals surface area contributed by atoms with Gasteiger partial charge in [0.05, 0.1) is 0 Å². The van der Waals surface area contributed by atoms with Crippen LogP contribution in [0.15, 0.2) is 6.20 Å². The molecule has 0 atom stereocenters. The summed E-state index contributed by atoms with van der Waals surface area (Å²) in [5, 5.41) is 0.695. The molecule has 0 unspecified atom stereocenters. The van der Waals surface area contributed by atoms with Gasteiger partial charge in [-0.05, 0) is 70.1 Å². The highest BCUT2D eigenvalue weighted by atomic mass is 35.5. The van der Waals surface area contributed by atoms with Crippen LogP contribution in [0, 0.1) is 11.8 Å². The molecule has 0 bridgehead atoms. The van der Waals surface area contributed by atoms with Crippen LogP contribution in [0.5, 0.6) is 0 Å². The third-order valence-corrected chi connectivity index (χ3v) is 5.98. The van der Waals surface area contributed by atoms with Crippen LogP contribution in [0.25, 0.3) is 0 Å². The normalized spacial score (nSPS) is 19.9. The van der Waals surface area contributed by atoms with Gasteiger partial charge < -0.3 is 10.6 Å². The Morgan fingerprint density at radius 1 is 1.26 bits per heavy atom. The van der Waals surface area contributed by atoms with Gasteiger partial charge in [-0.3, -0.25) is 4.90 Å². The van der Waals surface area contributed by atoms with Gasteiger partial charge in [0.15, 0.2) is 5.13 Å². The van der Waals surface area contributed by atoms with Crippen molar-refractivity contribution >= 4 is 28.9 Å². The minimum Gasteiger partial charge on any atom is -0.375 e. The molecule has 1 aromatic heterocycles. The largest absolute Gasteiger partial charge is 0.375 e. The Bertz CT molecular complexity index is 455. The van der Waals surface area contributed by atoms with E-state index in [9.17, 15) is 0 Å². The van der Waals surface area contributed by atoms with E-state index in [1.165, 1.54) is 69.7 Å². The number of nitrogens with two attached hydrogens (primary N) is 1. The first-order valence-electron chi connectivity index (χ1n) is 8.87. The zero-order valence-electron chi connectivity index (χ0n) is 14.2. The van der Waals surface area contributed by atoms with Crippen molar-refractivity contribution in [2.75, 3.05) is 38.5 Å². The van der Waals surface area contributed by atoms with Crippen LogP contribution in [0.3, 0.4) is 0 Å². The molecule has 4 nitrogen and oxygen atoms in total. The monoisotopic (exact) mass is 358 g/mol. The Labute approximate surface area is 150 Å². The zero-order valence-corrected chi connectivity index (χ0v) is 15.9. The number of hydrogen-bond donors (Lipinski definition) is 1. The first-order valence-corrected chi connectivity index (χ1v) is 9.69. The molecule has 2 N–H and O–H groups in total. The van der Waals surface area contributed by atoms with Crippen LogP contribution in [0.2, 0.25) is 0 Å². The number of thiazole rings is 1. The van der Waals surface area contributed by atoms with E-state index in [-0.39, 0.29) is 12.4 Å². The van der Waals surface area contributed by atoms with Crippen molar-refractivity contribution in [2.24, 2.45) is 11.8 Å². The highest BCUT2D eigenvalue weighted by Crippen LogP contribution is 2.30. The molecule has 1 aromatic rings. The van der Waals surface area contributed by atoms with Crippen LogP contribution in [0.4, 0.5) is 5.13 Å². The molecule has 0 aromatic carbocycles. The van der Waals surface area contributed by atoms with Crippen molar-refractivity contribution < 1.29 is 0 Å². The van der Waals surface area contributed by atoms with Gasteiger partial charge in [-0.25, -0.2) is 4.98 Å². The summed E-state index contributed by atoms with van der Waals surface area (Å²) >= 11 is 1.63. The van der Waals surface area contributed by atoms with Crippen molar-refractivity contribution in [3.63, 3.8) is 0 Å². The second-order valence-electron chi connectivity index (χ2n) is 7.01. The number of likely N-dealkylation sites (tertiary alicyclic amines) is 1. The minimum atomic E-state index is 0. The molecule has 1 saturated heterocycles. The molecule has 1 aliphatic carbocycles. The van der Waals surface area contributed by atoms with Crippen LogP contribution in [-0.2, 0) is 6.54 Å². The van der Waals surface area contributed by atoms with E-state index in [1.807, 2.05) is 6.20 Å². The molecule has 0 radical (unpaired) electrons. The lowest BCUT2D eigenvalue weighted by Gasteiger charge is -2.32. The quantitative estimate of drug-likeness (QED) is 0.772. The van der Waals surface area contributed by atoms with Crippen LogP contribution >= 0.6 is 23.7 Å². The molecule has 2 fully saturated rings. The van der Waals surface area contributed by atoms with Crippen LogP contribution in [-0.4, -0.2) is 47.5 Å². The van der Waals surface area contributed by atoms with E-state index >= 15 is 0 Å². The van der Waals surface area contributed by atoms with Crippen molar-refractivity contribution in [3.05, 3.63) is 11.1 Å². The highest BCUT2D eigenvalue weighted by Gasteiger charge is 2.25. The molecule has 1 aliphatic heterocycles. The van der Waals surface area contributed by atoms with Crippen molar-refractivity contribution in [1.29, 1.82) is 0 Å². The van der Waals surface area contributed by atoms with Crippen molar-refractivity contribution in [2.45, 2.75) is 45.6 Å². The first-order chi connectivity index (χ1) is 10.7. The van der Waals surface area contributed by atoms with Crippen LogP contribution < -0.4 is 5.73 Å². The van der Waals surface area contributed by atoms with Gasteiger partial charge in [0.1, 0.15) is 0 Å². The number of anilines is 1. The number of piperidine rings is 1. The Kier molecular flexibility index (Phi) is 7.60. The lowest BCUT2D eigenvalue weighted by Crippen LogP contribution is -2.35. The summed E-state index contributed by atoms with van der Waals surface area (Å²) in [6.07, 6.45) is 8.98. The van der Waals surface area contributed by atoms with Gasteiger partial charge in [0, 0.05) is 24.2 Å². The van der Waals surface area contributed by atoms with Gasteiger partial charge in [0.25, 0.3) is 0 Å². The smallest absolute Gasteiger partial charge is 0.180 e. The Morgan fingerprint density at radius 2 is 2.00 bits per heavy atom. The fraction of sp³-hybridized carbons (Fsp3) is 0.824. The fourth-order valence-electron chi connectivity index (χ4n) is 3.46. The standard InChI is InChI=1S/C17H30N4S.ClH/c1-2-20(12-15-3-4-15)8-5-14-6-9-21(10-7-14)13-16-11-19-17(18)22-16;/h11,14-15H,2-10,12-13H2,1H3,(H2,18,19);1H. The third-order valence-electron chi connectivity index (χ3n) is 5.17. The number of rotatable bonds is 8. The molecular weight excluding hydrogens is 328 g/mol. The molecule has 2 aliphatic rings. The predicted octanol–water partition coefficient (Wildman–Crippen LogP) is 3.48. The predicted molar refractivity (Wildman–Crippen MR) is 101 cm³/mol. The number of hydrogen-bond acceptors (Lipinski definition) is 5. The summed E-state index contributed by atoms with van der Waals surface area (Å²) in [4.78, 5) is 10.7. The second-order valence-corrected chi connectivity index (χ2v) is 8.16. The van der Waals surface area contributed by atoms with Crippen LogP contribution in [0.1, 0.15) is 43.9 Å². The molecule has 2 heterocycles. The Balaban J connectivity index is 0.00000192. The average Bonchev–Trinajstić information content (AvgIpc) is 3.26. The van der Waals surface area contributed by atoms with Gasteiger partial charge in [-0.15, -0.1) is 23.7 Å². The van der Waals surface area contributed by atoms with E-state index in [4.69, 9.17) is 5.73 Å². The van der Waals surface area contributed by atoms with Gasteiger partial charge in [0.2, 0.25) is 0 Å². The molecular formula is C17H31ClN4S. The van der Waals surface area contributed by atoms with Gasteiger partial charge >= 0.3 is 0 Å². The summed E-state index contributed by atoms with van der Waals surface area (Å²) < 4.78 is 0. The lowest BCUT2D eigenvalue weighted by atomic mass is 9.93. The van der Waals surface area contributed by atoms with E-state index in [2.05, 4.69) is 21.7 Å². The third kappa shape index (κ3) is 6.22. The number of halogens is 1. The molecule has 6 heteroatoms. The number of nitrogens with zero attached hydrogens (tertiary/aromatic N) is 3. The number of nitrogen functional groups attached to an aromatic ring is 1. The molecule has 23 heavy (non-hydrogen) atoms. The maximum absolute atomic E-state index is 5.71. The second kappa shape index (κ2) is 9.21. The lowest BCUT2D eigenvalue weighted by molar-refractivity contribution is 0.159. The summed E-state index contributed by atoms with van der Waals surface area (Å²) in [6.45, 7) is 9.69. The SMILES string of the molecule is CCN(CCC1CCN(Cc2cnc(N)s2)CC1)CC1CC1.Cl. The zero-order chi connectivity index (χ0) is 15.4. The average molecular weight is 359 g/mol. The Morgan fingerprint density at radius 3 is 2.57 bits per heavy atom. The topological polar surface area (TPSA) is 45.4 Å².